The van der Waals surface area contributed by atoms with Crippen LogP contribution in [0.15, 0.2) is 41.3 Å². The molecule has 2 aromatic rings. The Hall–Kier alpha value is -2.05. The average molecular weight is 373 g/mol. The number of hydrogen-bond acceptors (Lipinski definition) is 4. The van der Waals surface area contributed by atoms with Crippen molar-refractivity contribution in [2.24, 2.45) is 0 Å². The van der Waals surface area contributed by atoms with Gasteiger partial charge in [0.05, 0.1) is 4.90 Å². The molecule has 0 atom stereocenters. The van der Waals surface area contributed by atoms with E-state index in [0.29, 0.717) is 29.5 Å². The molecule has 138 valence electrons. The fraction of sp³-hybridized carbons (Fsp3) is 0.400. The normalized spacial score (nSPS) is 15.9. The van der Waals surface area contributed by atoms with Crippen LogP contribution in [0.25, 0.3) is 0 Å². The molecular formula is C20H23NO4S. The van der Waals surface area contributed by atoms with Gasteiger partial charge in [0.25, 0.3) is 0 Å². The van der Waals surface area contributed by atoms with E-state index in [0.717, 1.165) is 24.8 Å². The third-order valence-corrected chi connectivity index (χ3v) is 7.02. The molecule has 0 bridgehead atoms. The van der Waals surface area contributed by atoms with Gasteiger partial charge in [0, 0.05) is 13.1 Å². The Morgan fingerprint density at radius 3 is 2.54 bits per heavy atom. The van der Waals surface area contributed by atoms with Crippen molar-refractivity contribution < 1.29 is 17.9 Å². The zero-order valence-corrected chi connectivity index (χ0v) is 15.7. The van der Waals surface area contributed by atoms with Gasteiger partial charge in [-0.05, 0) is 66.6 Å². The van der Waals surface area contributed by atoms with E-state index in [9.17, 15) is 8.42 Å². The topological polar surface area (TPSA) is 55.8 Å². The van der Waals surface area contributed by atoms with E-state index < -0.39 is 10.0 Å². The maximum absolute atomic E-state index is 13.2. The van der Waals surface area contributed by atoms with Gasteiger partial charge in [-0.15, -0.1) is 0 Å². The maximum Gasteiger partial charge on any atom is 0.243 e. The molecule has 0 amide bonds. The summed E-state index contributed by atoms with van der Waals surface area (Å²) >= 11 is 0. The van der Waals surface area contributed by atoms with Gasteiger partial charge in [-0.25, -0.2) is 8.42 Å². The van der Waals surface area contributed by atoms with Gasteiger partial charge in [-0.1, -0.05) is 19.1 Å². The third kappa shape index (κ3) is 3.19. The predicted molar refractivity (Wildman–Crippen MR) is 98.9 cm³/mol. The van der Waals surface area contributed by atoms with Gasteiger partial charge in [-0.3, -0.25) is 0 Å². The molecule has 0 radical (unpaired) electrons. The Labute approximate surface area is 154 Å². The first kappa shape index (κ1) is 17.4. The quantitative estimate of drug-likeness (QED) is 0.805. The summed E-state index contributed by atoms with van der Waals surface area (Å²) in [4.78, 5) is 0.390. The van der Waals surface area contributed by atoms with Crippen molar-refractivity contribution in [3.63, 3.8) is 0 Å². The molecule has 0 N–H and O–H groups in total. The lowest BCUT2D eigenvalue weighted by Crippen LogP contribution is -2.30. The van der Waals surface area contributed by atoms with E-state index >= 15 is 0 Å². The average Bonchev–Trinajstić information content (AvgIpc) is 3.13. The minimum absolute atomic E-state index is 0.212. The zero-order valence-electron chi connectivity index (χ0n) is 14.9. The second-order valence-corrected chi connectivity index (χ2v) is 8.69. The zero-order chi connectivity index (χ0) is 18.1. The molecule has 6 heteroatoms. The van der Waals surface area contributed by atoms with Crippen LogP contribution in [-0.2, 0) is 29.4 Å². The first-order chi connectivity index (χ1) is 12.6. The van der Waals surface area contributed by atoms with Crippen LogP contribution in [0.3, 0.4) is 0 Å². The molecule has 26 heavy (non-hydrogen) atoms. The summed E-state index contributed by atoms with van der Waals surface area (Å²) in [7, 11) is -3.54. The Bertz CT molecular complexity index is 923. The third-order valence-electron chi connectivity index (χ3n) is 5.11. The predicted octanol–water partition coefficient (Wildman–Crippen LogP) is 3.50. The molecule has 2 aliphatic rings. The Morgan fingerprint density at radius 1 is 0.962 bits per heavy atom. The highest BCUT2D eigenvalue weighted by Crippen LogP contribution is 2.33. The first-order valence-corrected chi connectivity index (χ1v) is 10.5. The van der Waals surface area contributed by atoms with Crippen LogP contribution in [0.1, 0.15) is 36.5 Å². The molecule has 0 spiro atoms. The summed E-state index contributed by atoms with van der Waals surface area (Å²) < 4.78 is 38.5. The lowest BCUT2D eigenvalue weighted by molar-refractivity contribution is 0.174. The highest BCUT2D eigenvalue weighted by atomic mass is 32.2. The van der Waals surface area contributed by atoms with Crippen LogP contribution in [0.5, 0.6) is 11.5 Å². The molecule has 0 aromatic heterocycles. The van der Waals surface area contributed by atoms with Crippen molar-refractivity contribution in [2.75, 3.05) is 13.3 Å². The number of sulfonamides is 1. The second kappa shape index (κ2) is 6.93. The SMILES string of the molecule is CCN(Cc1ccc2c(c1)OCO2)S(=O)(=O)c1ccc2c(c1)CCCC2. The van der Waals surface area contributed by atoms with E-state index in [-0.39, 0.29) is 6.79 Å². The molecule has 0 fully saturated rings. The van der Waals surface area contributed by atoms with E-state index in [1.807, 2.05) is 37.3 Å². The standard InChI is InChI=1S/C20H23NO4S/c1-2-21(13-15-7-10-19-20(11-15)25-14-24-19)26(22,23)18-9-8-16-5-3-4-6-17(16)12-18/h7-12H,2-6,13-14H2,1H3. The lowest BCUT2D eigenvalue weighted by Gasteiger charge is -2.22. The molecule has 1 aliphatic heterocycles. The van der Waals surface area contributed by atoms with Crippen LogP contribution in [0.4, 0.5) is 0 Å². The molecular weight excluding hydrogens is 350 g/mol. The Kier molecular flexibility index (Phi) is 4.63. The molecule has 5 nitrogen and oxygen atoms in total. The number of rotatable bonds is 5. The summed E-state index contributed by atoms with van der Waals surface area (Å²) in [5.41, 5.74) is 3.35. The molecule has 2 aromatic carbocycles. The monoisotopic (exact) mass is 373 g/mol. The maximum atomic E-state index is 13.2. The van der Waals surface area contributed by atoms with Crippen molar-refractivity contribution in [3.8, 4) is 11.5 Å². The fourth-order valence-corrected chi connectivity index (χ4v) is 5.12. The number of hydrogen-bond donors (Lipinski definition) is 0. The summed E-state index contributed by atoms with van der Waals surface area (Å²) in [5.74, 6) is 1.37. The minimum Gasteiger partial charge on any atom is -0.454 e. The fourth-order valence-electron chi connectivity index (χ4n) is 3.63. The molecule has 0 saturated carbocycles. The van der Waals surface area contributed by atoms with Crippen molar-refractivity contribution >= 4 is 10.0 Å². The number of nitrogens with zero attached hydrogens (tertiary/aromatic N) is 1. The number of ether oxygens (including phenoxy) is 2. The summed E-state index contributed by atoms with van der Waals surface area (Å²) in [6, 6.07) is 11.2. The first-order valence-electron chi connectivity index (χ1n) is 9.08. The van der Waals surface area contributed by atoms with Gasteiger partial charge in [-0.2, -0.15) is 4.31 Å². The molecule has 4 rings (SSSR count). The van der Waals surface area contributed by atoms with Gasteiger partial charge in [0.1, 0.15) is 0 Å². The summed E-state index contributed by atoms with van der Waals surface area (Å²) in [5, 5.41) is 0. The molecule has 0 unspecified atom stereocenters. The summed E-state index contributed by atoms with van der Waals surface area (Å²) in [6.07, 6.45) is 4.33. The number of fused-ring (bicyclic) bond motifs is 2. The van der Waals surface area contributed by atoms with Crippen molar-refractivity contribution in [1.82, 2.24) is 4.31 Å². The van der Waals surface area contributed by atoms with Crippen LogP contribution < -0.4 is 9.47 Å². The van der Waals surface area contributed by atoms with E-state index in [1.165, 1.54) is 21.9 Å². The highest BCUT2D eigenvalue weighted by molar-refractivity contribution is 7.89. The van der Waals surface area contributed by atoms with E-state index in [4.69, 9.17) is 9.47 Å². The number of aryl methyl sites for hydroxylation is 2. The Morgan fingerprint density at radius 2 is 1.73 bits per heavy atom. The van der Waals surface area contributed by atoms with Crippen LogP contribution in [0, 0.1) is 0 Å². The summed E-state index contributed by atoms with van der Waals surface area (Å²) in [6.45, 7) is 2.80. The lowest BCUT2D eigenvalue weighted by atomic mass is 9.92. The smallest absolute Gasteiger partial charge is 0.243 e. The molecule has 1 heterocycles. The minimum atomic E-state index is -3.54. The van der Waals surface area contributed by atoms with Crippen molar-refractivity contribution in [3.05, 3.63) is 53.1 Å². The van der Waals surface area contributed by atoms with E-state index in [2.05, 4.69) is 0 Å². The van der Waals surface area contributed by atoms with Gasteiger partial charge in [0.2, 0.25) is 16.8 Å². The van der Waals surface area contributed by atoms with Gasteiger partial charge in [0.15, 0.2) is 11.5 Å². The molecule has 1 aliphatic carbocycles. The van der Waals surface area contributed by atoms with Crippen LogP contribution in [0.2, 0.25) is 0 Å². The van der Waals surface area contributed by atoms with Crippen molar-refractivity contribution in [1.29, 1.82) is 0 Å². The van der Waals surface area contributed by atoms with Gasteiger partial charge >= 0.3 is 0 Å². The molecule has 0 saturated heterocycles. The van der Waals surface area contributed by atoms with Crippen LogP contribution >= 0.6 is 0 Å². The number of benzene rings is 2. The van der Waals surface area contributed by atoms with E-state index in [1.54, 1.807) is 6.07 Å². The largest absolute Gasteiger partial charge is 0.454 e. The van der Waals surface area contributed by atoms with Crippen molar-refractivity contribution in [2.45, 2.75) is 44.0 Å². The van der Waals surface area contributed by atoms with Gasteiger partial charge < -0.3 is 9.47 Å². The van der Waals surface area contributed by atoms with Crippen LogP contribution in [-0.4, -0.2) is 26.1 Å². The highest BCUT2D eigenvalue weighted by Gasteiger charge is 2.25. The Balaban J connectivity index is 1.60. The second-order valence-electron chi connectivity index (χ2n) is 6.76.